The second kappa shape index (κ2) is 9.55. The molecule has 2 aromatic rings. The molecular formula is C18H24F2N2O3S. The second-order valence-electron chi connectivity index (χ2n) is 6.18. The summed E-state index contributed by atoms with van der Waals surface area (Å²) in [5, 5.41) is 3.39. The molecule has 0 spiro atoms. The highest BCUT2D eigenvalue weighted by atomic mass is 32.2. The first-order chi connectivity index (χ1) is 12.6. The van der Waals surface area contributed by atoms with Crippen LogP contribution in [0.3, 0.4) is 0 Å². The quantitative estimate of drug-likeness (QED) is 0.708. The summed E-state index contributed by atoms with van der Waals surface area (Å²) in [5.74, 6) is 0.938. The van der Waals surface area contributed by atoms with Crippen LogP contribution in [0.25, 0.3) is 0 Å². The number of halogens is 2. The van der Waals surface area contributed by atoms with Crippen molar-refractivity contribution >= 4 is 11.8 Å². The first kappa shape index (κ1) is 19.4. The molecule has 0 saturated carbocycles. The van der Waals surface area contributed by atoms with Gasteiger partial charge in [0.15, 0.2) is 0 Å². The Labute approximate surface area is 156 Å². The van der Waals surface area contributed by atoms with E-state index >= 15 is 0 Å². The fourth-order valence-electron chi connectivity index (χ4n) is 3.00. The van der Waals surface area contributed by atoms with Gasteiger partial charge in [0.05, 0.1) is 31.6 Å². The molecule has 2 aromatic heterocycles. The number of hydrogen-bond donors (Lipinski definition) is 1. The minimum Gasteiger partial charge on any atom is -0.465 e. The molecule has 0 amide bonds. The Morgan fingerprint density at radius 3 is 2.58 bits per heavy atom. The molecule has 1 unspecified atom stereocenters. The van der Waals surface area contributed by atoms with Crippen LogP contribution in [0.2, 0.25) is 0 Å². The lowest BCUT2D eigenvalue weighted by Crippen LogP contribution is -2.42. The average Bonchev–Trinajstić information content (AvgIpc) is 3.27. The van der Waals surface area contributed by atoms with E-state index in [4.69, 9.17) is 13.6 Å². The van der Waals surface area contributed by atoms with Crippen molar-refractivity contribution in [3.8, 4) is 0 Å². The van der Waals surface area contributed by atoms with Crippen LogP contribution in [0, 0.1) is 6.92 Å². The van der Waals surface area contributed by atoms with Gasteiger partial charge in [-0.1, -0.05) is 11.8 Å². The lowest BCUT2D eigenvalue weighted by molar-refractivity contribution is 0.0114. The van der Waals surface area contributed by atoms with Crippen LogP contribution in [0.1, 0.15) is 29.1 Å². The summed E-state index contributed by atoms with van der Waals surface area (Å²) < 4.78 is 41.4. The minimum absolute atomic E-state index is 0.122. The van der Waals surface area contributed by atoms with E-state index in [1.807, 2.05) is 25.1 Å². The molecule has 26 heavy (non-hydrogen) atoms. The molecule has 1 saturated heterocycles. The summed E-state index contributed by atoms with van der Waals surface area (Å²) in [6.07, 6.45) is 0. The van der Waals surface area contributed by atoms with E-state index in [0.717, 1.165) is 43.6 Å². The predicted molar refractivity (Wildman–Crippen MR) is 96.3 cm³/mol. The van der Waals surface area contributed by atoms with Crippen LogP contribution in [0.4, 0.5) is 8.78 Å². The Morgan fingerprint density at radius 2 is 1.88 bits per heavy atom. The topological polar surface area (TPSA) is 50.8 Å². The van der Waals surface area contributed by atoms with Gasteiger partial charge in [0.25, 0.3) is 5.76 Å². The van der Waals surface area contributed by atoms with Crippen LogP contribution >= 0.6 is 11.8 Å². The summed E-state index contributed by atoms with van der Waals surface area (Å²) in [4.78, 5) is 2.35. The van der Waals surface area contributed by atoms with Crippen LogP contribution in [-0.4, -0.2) is 43.5 Å². The molecular weight excluding hydrogens is 362 g/mol. The molecule has 0 aromatic carbocycles. The van der Waals surface area contributed by atoms with Gasteiger partial charge in [-0.25, -0.2) is 0 Å². The summed E-state index contributed by atoms with van der Waals surface area (Å²) in [6.45, 7) is 6.35. The molecule has 5 nitrogen and oxygen atoms in total. The molecule has 144 valence electrons. The van der Waals surface area contributed by atoms with Crippen molar-refractivity contribution in [3.05, 3.63) is 47.3 Å². The van der Waals surface area contributed by atoms with Gasteiger partial charge in [0.2, 0.25) is 0 Å². The molecule has 0 bridgehead atoms. The number of alkyl halides is 2. The zero-order chi connectivity index (χ0) is 18.4. The number of thioether (sulfide) groups is 1. The maximum atomic E-state index is 12.2. The third-order valence-corrected chi connectivity index (χ3v) is 4.98. The summed E-state index contributed by atoms with van der Waals surface area (Å²) >= 11 is 0.566. The average molecular weight is 386 g/mol. The molecule has 1 N–H and O–H groups in total. The fraction of sp³-hybridized carbons (Fsp3) is 0.556. The van der Waals surface area contributed by atoms with Gasteiger partial charge in [-0.2, -0.15) is 8.78 Å². The molecule has 0 aliphatic carbocycles. The number of rotatable bonds is 9. The zero-order valence-corrected chi connectivity index (χ0v) is 15.6. The van der Waals surface area contributed by atoms with Crippen molar-refractivity contribution < 1.29 is 22.4 Å². The summed E-state index contributed by atoms with van der Waals surface area (Å²) in [7, 11) is 0. The van der Waals surface area contributed by atoms with E-state index < -0.39 is 5.76 Å². The molecule has 1 aliphatic heterocycles. The van der Waals surface area contributed by atoms with Crippen molar-refractivity contribution in [1.82, 2.24) is 10.2 Å². The molecule has 0 radical (unpaired) electrons. The molecule has 1 aliphatic rings. The number of hydrogen-bond acceptors (Lipinski definition) is 6. The third-order valence-electron chi connectivity index (χ3n) is 4.28. The molecule has 1 atom stereocenters. The highest BCUT2D eigenvalue weighted by Gasteiger charge is 2.25. The van der Waals surface area contributed by atoms with Crippen molar-refractivity contribution in [3.63, 3.8) is 0 Å². The highest BCUT2D eigenvalue weighted by Crippen LogP contribution is 2.24. The number of nitrogens with zero attached hydrogens (tertiary/aromatic N) is 1. The van der Waals surface area contributed by atoms with E-state index in [1.165, 1.54) is 0 Å². The van der Waals surface area contributed by atoms with Crippen molar-refractivity contribution in [1.29, 1.82) is 0 Å². The Morgan fingerprint density at radius 1 is 1.12 bits per heavy atom. The van der Waals surface area contributed by atoms with E-state index in [0.29, 0.717) is 30.6 Å². The Bertz CT molecular complexity index is 671. The van der Waals surface area contributed by atoms with Crippen LogP contribution in [-0.2, 0) is 17.0 Å². The van der Waals surface area contributed by atoms with Gasteiger partial charge in [-0.15, -0.1) is 0 Å². The van der Waals surface area contributed by atoms with Gasteiger partial charge in [0, 0.05) is 19.6 Å². The number of morpholine rings is 1. The molecule has 3 heterocycles. The monoisotopic (exact) mass is 386 g/mol. The fourth-order valence-corrected chi connectivity index (χ4v) is 3.45. The normalized spacial score (nSPS) is 17.1. The number of ether oxygens (including phenoxy) is 1. The lowest BCUT2D eigenvalue weighted by atomic mass is 10.1. The number of furan rings is 2. The molecule has 1 fully saturated rings. The molecule has 8 heteroatoms. The zero-order valence-electron chi connectivity index (χ0n) is 14.7. The van der Waals surface area contributed by atoms with Gasteiger partial charge in [0.1, 0.15) is 23.0 Å². The first-order valence-corrected chi connectivity index (χ1v) is 9.73. The van der Waals surface area contributed by atoms with Crippen LogP contribution < -0.4 is 5.32 Å². The van der Waals surface area contributed by atoms with Gasteiger partial charge in [-0.05, 0) is 31.2 Å². The van der Waals surface area contributed by atoms with Gasteiger partial charge >= 0.3 is 0 Å². The SMILES string of the molecule is Cc1ccc(C(CNCc2ccc(CSC(F)F)o2)N2CCOCC2)o1. The van der Waals surface area contributed by atoms with E-state index in [-0.39, 0.29) is 11.8 Å². The van der Waals surface area contributed by atoms with Crippen molar-refractivity contribution in [2.45, 2.75) is 31.0 Å². The Hall–Kier alpha value is -1.35. The van der Waals surface area contributed by atoms with Crippen LogP contribution in [0.5, 0.6) is 0 Å². The largest absolute Gasteiger partial charge is 0.465 e. The smallest absolute Gasteiger partial charge is 0.284 e. The Balaban J connectivity index is 1.54. The predicted octanol–water partition coefficient (Wildman–Crippen LogP) is 3.80. The summed E-state index contributed by atoms with van der Waals surface area (Å²) in [5.41, 5.74) is 0. The standard InChI is InChI=1S/C18H24F2N2O3S/c1-13-2-5-17(24-13)16(22-6-8-23-9-7-22)11-21-10-14-3-4-15(25-14)12-26-18(19)20/h2-5,16,18,21H,6-12H2,1H3. The van der Waals surface area contributed by atoms with E-state index in [2.05, 4.69) is 10.2 Å². The third kappa shape index (κ3) is 5.57. The number of aryl methyl sites for hydroxylation is 1. The Kier molecular flexibility index (Phi) is 7.13. The van der Waals surface area contributed by atoms with Crippen molar-refractivity contribution in [2.75, 3.05) is 32.8 Å². The van der Waals surface area contributed by atoms with Crippen LogP contribution in [0.15, 0.2) is 33.1 Å². The maximum absolute atomic E-state index is 12.2. The van der Waals surface area contributed by atoms with Gasteiger partial charge in [-0.3, -0.25) is 4.90 Å². The van der Waals surface area contributed by atoms with E-state index in [9.17, 15) is 8.78 Å². The van der Waals surface area contributed by atoms with Crippen molar-refractivity contribution in [2.24, 2.45) is 0 Å². The number of nitrogens with one attached hydrogen (secondary N) is 1. The van der Waals surface area contributed by atoms with Gasteiger partial charge < -0.3 is 18.9 Å². The first-order valence-electron chi connectivity index (χ1n) is 8.68. The van der Waals surface area contributed by atoms with E-state index in [1.54, 1.807) is 6.07 Å². The highest BCUT2D eigenvalue weighted by molar-refractivity contribution is 7.98. The second-order valence-corrected chi connectivity index (χ2v) is 7.16. The lowest BCUT2D eigenvalue weighted by Gasteiger charge is -2.33. The summed E-state index contributed by atoms with van der Waals surface area (Å²) in [6, 6.07) is 7.69. The maximum Gasteiger partial charge on any atom is 0.284 e. The molecule has 3 rings (SSSR count). The minimum atomic E-state index is -2.38.